The number of halogens is 1. The summed E-state index contributed by atoms with van der Waals surface area (Å²) in [6.07, 6.45) is 1.33. The number of para-hydroxylation sites is 1. The van der Waals surface area contributed by atoms with Crippen LogP contribution in [0.15, 0.2) is 82.6 Å². The highest BCUT2D eigenvalue weighted by atomic mass is 35.5. The molecule has 29 heavy (non-hydrogen) atoms. The standard InChI is InChI=1S/C23H18ClNO3S/c1-17-6-2-3-8-19(17)16-28-23-9-5-4-7-18(23)14-22(15-25)29(26,27)21-12-10-20(24)11-13-21/h2-14H,16H2,1H3. The first-order chi connectivity index (χ1) is 13.9. The van der Waals surface area contributed by atoms with E-state index in [9.17, 15) is 13.7 Å². The first-order valence-corrected chi connectivity index (χ1v) is 10.7. The van der Waals surface area contributed by atoms with Crippen LogP contribution in [0.4, 0.5) is 0 Å². The lowest BCUT2D eigenvalue weighted by atomic mass is 10.1. The topological polar surface area (TPSA) is 67.2 Å². The predicted octanol–water partition coefficient (Wildman–Crippen LogP) is 5.57. The van der Waals surface area contributed by atoms with Gasteiger partial charge >= 0.3 is 0 Å². The Bertz CT molecular complexity index is 1190. The number of nitriles is 1. The average Bonchev–Trinajstić information content (AvgIpc) is 2.72. The highest BCUT2D eigenvalue weighted by Gasteiger charge is 2.21. The van der Waals surface area contributed by atoms with E-state index >= 15 is 0 Å². The minimum atomic E-state index is -3.97. The molecular weight excluding hydrogens is 406 g/mol. The highest BCUT2D eigenvalue weighted by molar-refractivity contribution is 7.95. The van der Waals surface area contributed by atoms with Crippen molar-refractivity contribution in [2.75, 3.05) is 0 Å². The molecule has 0 aliphatic carbocycles. The van der Waals surface area contributed by atoms with Crippen molar-refractivity contribution in [2.24, 2.45) is 0 Å². The van der Waals surface area contributed by atoms with Crippen LogP contribution in [0.25, 0.3) is 6.08 Å². The monoisotopic (exact) mass is 423 g/mol. The second-order valence-corrected chi connectivity index (χ2v) is 8.69. The van der Waals surface area contributed by atoms with Gasteiger partial charge in [-0.25, -0.2) is 8.42 Å². The minimum absolute atomic E-state index is 0.00742. The zero-order valence-electron chi connectivity index (χ0n) is 15.7. The molecule has 3 rings (SSSR count). The Balaban J connectivity index is 1.93. The van der Waals surface area contributed by atoms with Crippen LogP contribution in [-0.2, 0) is 16.4 Å². The van der Waals surface area contributed by atoms with Crippen molar-refractivity contribution in [3.63, 3.8) is 0 Å². The SMILES string of the molecule is Cc1ccccc1COc1ccccc1C=C(C#N)S(=O)(=O)c1ccc(Cl)cc1. The number of rotatable bonds is 6. The van der Waals surface area contributed by atoms with E-state index in [1.165, 1.54) is 30.3 Å². The van der Waals surface area contributed by atoms with Crippen LogP contribution in [0.1, 0.15) is 16.7 Å². The minimum Gasteiger partial charge on any atom is -0.488 e. The van der Waals surface area contributed by atoms with Gasteiger partial charge in [-0.15, -0.1) is 0 Å². The van der Waals surface area contributed by atoms with Gasteiger partial charge in [-0.1, -0.05) is 54.1 Å². The van der Waals surface area contributed by atoms with Crippen molar-refractivity contribution in [3.05, 3.63) is 99.4 Å². The van der Waals surface area contributed by atoms with Crippen molar-refractivity contribution in [1.29, 1.82) is 5.26 Å². The largest absolute Gasteiger partial charge is 0.488 e. The third-order valence-corrected chi connectivity index (χ3v) is 6.31. The van der Waals surface area contributed by atoms with Crippen LogP contribution >= 0.6 is 11.6 Å². The summed E-state index contributed by atoms with van der Waals surface area (Å²) in [5.41, 5.74) is 2.64. The molecule has 0 unspecified atom stereocenters. The summed E-state index contributed by atoms with van der Waals surface area (Å²) >= 11 is 5.83. The Kier molecular flexibility index (Phi) is 6.38. The smallest absolute Gasteiger partial charge is 0.216 e. The number of hydrogen-bond acceptors (Lipinski definition) is 4. The summed E-state index contributed by atoms with van der Waals surface area (Å²) in [4.78, 5) is -0.361. The molecule has 3 aromatic rings. The van der Waals surface area contributed by atoms with Crippen molar-refractivity contribution >= 4 is 27.5 Å². The number of ether oxygens (including phenoxy) is 1. The molecule has 0 radical (unpaired) electrons. The van der Waals surface area contributed by atoms with Gasteiger partial charge in [0, 0.05) is 10.6 Å². The van der Waals surface area contributed by atoms with Gasteiger partial charge in [0.1, 0.15) is 23.3 Å². The summed E-state index contributed by atoms with van der Waals surface area (Å²) in [6.45, 7) is 2.33. The lowest BCUT2D eigenvalue weighted by Gasteiger charge is -2.11. The van der Waals surface area contributed by atoms with Gasteiger partial charge in [-0.3, -0.25) is 0 Å². The quantitative estimate of drug-likeness (QED) is 0.486. The van der Waals surface area contributed by atoms with Gasteiger partial charge < -0.3 is 4.74 Å². The summed E-state index contributed by atoms with van der Waals surface area (Å²) in [7, 11) is -3.97. The number of aryl methyl sites for hydroxylation is 1. The van der Waals surface area contributed by atoms with Crippen molar-refractivity contribution in [3.8, 4) is 11.8 Å². The van der Waals surface area contributed by atoms with Crippen molar-refractivity contribution in [1.82, 2.24) is 0 Å². The molecule has 0 saturated heterocycles. The zero-order valence-corrected chi connectivity index (χ0v) is 17.2. The Hall–Kier alpha value is -3.07. The number of benzene rings is 3. The Morgan fingerprint density at radius 2 is 1.69 bits per heavy atom. The first kappa shape index (κ1) is 20.7. The van der Waals surface area contributed by atoms with E-state index in [2.05, 4.69) is 0 Å². The number of sulfone groups is 1. The fraction of sp³-hybridized carbons (Fsp3) is 0.0870. The molecule has 0 aliphatic rings. The molecular formula is C23H18ClNO3S. The van der Waals surface area contributed by atoms with Crippen LogP contribution in [0.2, 0.25) is 5.02 Å². The van der Waals surface area contributed by atoms with E-state index in [-0.39, 0.29) is 9.80 Å². The van der Waals surface area contributed by atoms with E-state index in [4.69, 9.17) is 16.3 Å². The average molecular weight is 424 g/mol. The van der Waals surface area contributed by atoms with Gasteiger partial charge in [0.25, 0.3) is 0 Å². The first-order valence-electron chi connectivity index (χ1n) is 8.80. The summed E-state index contributed by atoms with van der Waals surface area (Å²) in [5.74, 6) is 0.495. The molecule has 0 atom stereocenters. The maximum absolute atomic E-state index is 12.8. The van der Waals surface area contributed by atoms with Gasteiger partial charge in [0.2, 0.25) is 9.84 Å². The molecule has 0 N–H and O–H groups in total. The van der Waals surface area contributed by atoms with Crippen LogP contribution in [0.5, 0.6) is 5.75 Å². The van der Waals surface area contributed by atoms with Crippen LogP contribution in [0, 0.1) is 18.3 Å². The molecule has 3 aromatic carbocycles. The molecule has 4 nitrogen and oxygen atoms in total. The molecule has 0 aromatic heterocycles. The van der Waals surface area contributed by atoms with Crippen LogP contribution < -0.4 is 4.74 Å². The lowest BCUT2D eigenvalue weighted by Crippen LogP contribution is -2.04. The third kappa shape index (κ3) is 4.86. The Morgan fingerprint density at radius 1 is 1.03 bits per heavy atom. The number of allylic oxidation sites excluding steroid dienone is 1. The van der Waals surface area contributed by atoms with Crippen LogP contribution in [-0.4, -0.2) is 8.42 Å². The number of hydrogen-bond donors (Lipinski definition) is 0. The molecule has 0 amide bonds. The molecule has 0 heterocycles. The fourth-order valence-corrected chi connectivity index (χ4v) is 3.99. The highest BCUT2D eigenvalue weighted by Crippen LogP contribution is 2.27. The van der Waals surface area contributed by atoms with E-state index in [0.29, 0.717) is 22.9 Å². The lowest BCUT2D eigenvalue weighted by molar-refractivity contribution is 0.305. The number of nitrogens with zero attached hydrogens (tertiary/aromatic N) is 1. The van der Waals surface area contributed by atoms with Gasteiger partial charge in [0.15, 0.2) is 0 Å². The Labute approximate surface area is 175 Å². The maximum Gasteiger partial charge on any atom is 0.216 e. The molecule has 146 valence electrons. The molecule has 0 aliphatic heterocycles. The predicted molar refractivity (Wildman–Crippen MR) is 114 cm³/mol. The van der Waals surface area contributed by atoms with Crippen LogP contribution in [0.3, 0.4) is 0 Å². The van der Waals surface area contributed by atoms with Crippen molar-refractivity contribution in [2.45, 2.75) is 18.4 Å². The van der Waals surface area contributed by atoms with Gasteiger partial charge in [-0.2, -0.15) is 5.26 Å². The molecule has 0 saturated carbocycles. The van der Waals surface area contributed by atoms with Crippen molar-refractivity contribution < 1.29 is 13.2 Å². The van der Waals surface area contributed by atoms with E-state index < -0.39 is 9.84 Å². The van der Waals surface area contributed by atoms with E-state index in [1.54, 1.807) is 30.3 Å². The molecule has 0 fully saturated rings. The molecule has 0 spiro atoms. The van der Waals surface area contributed by atoms with Gasteiger partial charge in [-0.05, 0) is 54.5 Å². The van der Waals surface area contributed by atoms with E-state index in [0.717, 1.165) is 11.1 Å². The summed E-state index contributed by atoms with van der Waals surface area (Å²) in [5, 5.41) is 9.93. The van der Waals surface area contributed by atoms with E-state index in [1.807, 2.05) is 31.2 Å². The zero-order chi connectivity index (χ0) is 20.9. The molecule has 0 bridgehead atoms. The Morgan fingerprint density at radius 3 is 2.38 bits per heavy atom. The third-order valence-electron chi connectivity index (χ3n) is 4.37. The maximum atomic E-state index is 12.8. The fourth-order valence-electron chi connectivity index (χ4n) is 2.71. The summed E-state index contributed by atoms with van der Waals surface area (Å²) < 4.78 is 31.6. The normalized spacial score (nSPS) is 11.7. The summed E-state index contributed by atoms with van der Waals surface area (Å²) in [6, 6.07) is 22.4. The molecule has 6 heteroatoms. The van der Waals surface area contributed by atoms with Gasteiger partial charge in [0.05, 0.1) is 4.90 Å². The second-order valence-electron chi connectivity index (χ2n) is 6.33. The second kappa shape index (κ2) is 8.95.